The molecular formula is C11H18N6O2. The summed E-state index contributed by atoms with van der Waals surface area (Å²) in [5, 5.41) is 5.62. The molecule has 8 heteroatoms. The number of ether oxygens (including phenoxy) is 1. The molecule has 0 unspecified atom stereocenters. The van der Waals surface area contributed by atoms with Gasteiger partial charge < -0.3 is 20.3 Å². The van der Waals surface area contributed by atoms with Crippen LogP contribution in [0.3, 0.4) is 0 Å². The predicted molar refractivity (Wildman–Crippen MR) is 70.4 cm³/mol. The maximum atomic E-state index is 11.4. The molecule has 19 heavy (non-hydrogen) atoms. The van der Waals surface area contributed by atoms with Gasteiger partial charge in [0.05, 0.1) is 12.6 Å². The van der Waals surface area contributed by atoms with Crippen molar-refractivity contribution in [3.05, 3.63) is 0 Å². The lowest BCUT2D eigenvalue weighted by Gasteiger charge is -2.26. The second-order valence-corrected chi connectivity index (χ2v) is 4.43. The van der Waals surface area contributed by atoms with Crippen LogP contribution in [0.2, 0.25) is 0 Å². The van der Waals surface area contributed by atoms with Gasteiger partial charge in [0.2, 0.25) is 17.8 Å². The number of nitrogens with zero attached hydrogens (tertiary/aromatic N) is 4. The van der Waals surface area contributed by atoms with E-state index in [0.29, 0.717) is 25.0 Å². The Morgan fingerprint density at radius 3 is 2.79 bits per heavy atom. The van der Waals surface area contributed by atoms with Gasteiger partial charge in [0.15, 0.2) is 0 Å². The zero-order valence-corrected chi connectivity index (χ0v) is 11.3. The minimum absolute atomic E-state index is 0.0235. The summed E-state index contributed by atoms with van der Waals surface area (Å²) < 4.78 is 5.49. The molecule has 1 aliphatic heterocycles. The third-order valence-electron chi connectivity index (χ3n) is 2.49. The molecule has 1 aromatic heterocycles. The Labute approximate surface area is 111 Å². The Bertz CT molecular complexity index is 464. The normalized spacial score (nSPS) is 15.4. The first-order chi connectivity index (χ1) is 9.08. The highest BCUT2D eigenvalue weighted by Crippen LogP contribution is 2.16. The van der Waals surface area contributed by atoms with Crippen molar-refractivity contribution >= 4 is 17.8 Å². The van der Waals surface area contributed by atoms with E-state index in [1.54, 1.807) is 11.9 Å². The highest BCUT2D eigenvalue weighted by atomic mass is 16.5. The third-order valence-corrected chi connectivity index (χ3v) is 2.49. The van der Waals surface area contributed by atoms with Gasteiger partial charge in [-0.3, -0.25) is 4.79 Å². The lowest BCUT2D eigenvalue weighted by molar-refractivity contribution is -0.120. The highest BCUT2D eigenvalue weighted by molar-refractivity contribution is 5.81. The molecule has 2 rings (SSSR count). The van der Waals surface area contributed by atoms with Crippen molar-refractivity contribution in [1.29, 1.82) is 0 Å². The Balaban J connectivity index is 2.25. The quantitative estimate of drug-likeness (QED) is 0.768. The van der Waals surface area contributed by atoms with Crippen LogP contribution >= 0.6 is 0 Å². The van der Waals surface area contributed by atoms with Crippen LogP contribution in [0.25, 0.3) is 0 Å². The largest absolute Gasteiger partial charge is 0.461 e. The topological polar surface area (TPSA) is 92.3 Å². The average Bonchev–Trinajstić information content (AvgIpc) is 2.37. The van der Waals surface area contributed by atoms with Crippen molar-refractivity contribution in [2.75, 3.05) is 36.9 Å². The molecule has 0 saturated carbocycles. The zero-order valence-electron chi connectivity index (χ0n) is 11.3. The first-order valence-electron chi connectivity index (χ1n) is 6.20. The van der Waals surface area contributed by atoms with E-state index < -0.39 is 0 Å². The van der Waals surface area contributed by atoms with E-state index in [1.165, 1.54) is 0 Å². The Kier molecular flexibility index (Phi) is 3.98. The van der Waals surface area contributed by atoms with Gasteiger partial charge >= 0.3 is 6.01 Å². The summed E-state index contributed by atoms with van der Waals surface area (Å²) in [7, 11) is 1.72. The van der Waals surface area contributed by atoms with E-state index in [9.17, 15) is 4.79 Å². The molecule has 1 aliphatic rings. The molecular weight excluding hydrogens is 248 g/mol. The molecule has 1 amide bonds. The molecule has 0 radical (unpaired) electrons. The minimum Gasteiger partial charge on any atom is -0.461 e. The molecule has 1 fully saturated rings. The number of piperazine rings is 1. The van der Waals surface area contributed by atoms with Crippen LogP contribution < -0.4 is 20.3 Å². The van der Waals surface area contributed by atoms with E-state index in [0.717, 1.165) is 0 Å². The number of rotatable bonds is 4. The maximum Gasteiger partial charge on any atom is 0.323 e. The lowest BCUT2D eigenvalue weighted by atomic mass is 10.4. The molecule has 1 aromatic rings. The van der Waals surface area contributed by atoms with Crippen molar-refractivity contribution in [3.8, 4) is 6.01 Å². The van der Waals surface area contributed by atoms with E-state index in [2.05, 4.69) is 25.6 Å². The number of hydrogen-bond acceptors (Lipinski definition) is 7. The van der Waals surface area contributed by atoms with E-state index in [-0.39, 0.29) is 24.6 Å². The van der Waals surface area contributed by atoms with Crippen LogP contribution in [0, 0.1) is 0 Å². The van der Waals surface area contributed by atoms with Gasteiger partial charge in [-0.15, -0.1) is 0 Å². The highest BCUT2D eigenvalue weighted by Gasteiger charge is 2.20. The van der Waals surface area contributed by atoms with Crippen molar-refractivity contribution in [1.82, 2.24) is 20.3 Å². The number of amides is 1. The van der Waals surface area contributed by atoms with Crippen molar-refractivity contribution < 1.29 is 9.53 Å². The Morgan fingerprint density at radius 2 is 2.16 bits per heavy atom. The fourth-order valence-electron chi connectivity index (χ4n) is 1.67. The summed E-state index contributed by atoms with van der Waals surface area (Å²) in [6.45, 7) is 5.29. The number of carbonyl (C=O) groups excluding carboxylic acids is 1. The predicted octanol–water partition coefficient (Wildman–Crippen LogP) is -0.363. The molecule has 0 aromatic carbocycles. The van der Waals surface area contributed by atoms with E-state index >= 15 is 0 Å². The number of aromatic nitrogens is 3. The second kappa shape index (κ2) is 5.68. The van der Waals surface area contributed by atoms with Crippen molar-refractivity contribution in [2.24, 2.45) is 0 Å². The third kappa shape index (κ3) is 3.43. The van der Waals surface area contributed by atoms with Gasteiger partial charge in [0.25, 0.3) is 0 Å². The molecule has 0 aliphatic carbocycles. The number of hydrogen-bond donors (Lipinski definition) is 2. The molecule has 0 spiro atoms. The molecule has 104 valence electrons. The summed E-state index contributed by atoms with van der Waals surface area (Å²) in [5.74, 6) is 0.834. The fraction of sp³-hybridized carbons (Fsp3) is 0.636. The van der Waals surface area contributed by atoms with Crippen LogP contribution in [0.1, 0.15) is 13.8 Å². The summed E-state index contributed by atoms with van der Waals surface area (Å²) in [4.78, 5) is 25.8. The zero-order chi connectivity index (χ0) is 13.8. The monoisotopic (exact) mass is 266 g/mol. The summed E-state index contributed by atoms with van der Waals surface area (Å²) >= 11 is 0. The molecule has 1 saturated heterocycles. The van der Waals surface area contributed by atoms with Crippen LogP contribution in [0.15, 0.2) is 0 Å². The van der Waals surface area contributed by atoms with Crippen LogP contribution in [-0.2, 0) is 4.79 Å². The number of carbonyl (C=O) groups is 1. The minimum atomic E-state index is -0.0380. The van der Waals surface area contributed by atoms with Gasteiger partial charge in [-0.1, -0.05) is 0 Å². The van der Waals surface area contributed by atoms with Gasteiger partial charge in [-0.25, -0.2) is 0 Å². The van der Waals surface area contributed by atoms with E-state index in [4.69, 9.17) is 4.74 Å². The number of anilines is 2. The summed E-state index contributed by atoms with van der Waals surface area (Å²) in [6.07, 6.45) is -0.0235. The molecule has 0 bridgehead atoms. The van der Waals surface area contributed by atoms with Crippen LogP contribution in [-0.4, -0.2) is 53.6 Å². The second-order valence-electron chi connectivity index (χ2n) is 4.43. The molecule has 2 heterocycles. The summed E-state index contributed by atoms with van der Waals surface area (Å²) in [6, 6.07) is 0.260. The molecule has 8 nitrogen and oxygen atoms in total. The van der Waals surface area contributed by atoms with Gasteiger partial charge in [0.1, 0.15) is 0 Å². The summed E-state index contributed by atoms with van der Waals surface area (Å²) in [5.41, 5.74) is 0. The van der Waals surface area contributed by atoms with Crippen LogP contribution in [0.4, 0.5) is 11.9 Å². The number of nitrogens with one attached hydrogen (secondary N) is 2. The standard InChI is InChI=1S/C11H18N6O2/c1-7(2)19-11-15-9(12-3)14-10(16-11)17-5-4-13-8(18)6-17/h7H,4-6H2,1-3H3,(H,13,18)(H,12,14,15,16). The molecule has 0 atom stereocenters. The SMILES string of the molecule is CNc1nc(OC(C)C)nc(N2CCNC(=O)C2)n1. The van der Waals surface area contributed by atoms with Gasteiger partial charge in [-0.2, -0.15) is 15.0 Å². The van der Waals surface area contributed by atoms with Crippen molar-refractivity contribution in [2.45, 2.75) is 20.0 Å². The Hall–Kier alpha value is -2.12. The maximum absolute atomic E-state index is 11.4. The lowest BCUT2D eigenvalue weighted by Crippen LogP contribution is -2.48. The van der Waals surface area contributed by atoms with Gasteiger partial charge in [-0.05, 0) is 13.8 Å². The smallest absolute Gasteiger partial charge is 0.323 e. The molecule has 2 N–H and O–H groups in total. The first-order valence-corrected chi connectivity index (χ1v) is 6.20. The van der Waals surface area contributed by atoms with E-state index in [1.807, 2.05) is 13.8 Å². The first kappa shape index (κ1) is 13.3. The fourth-order valence-corrected chi connectivity index (χ4v) is 1.67. The van der Waals surface area contributed by atoms with Crippen molar-refractivity contribution in [3.63, 3.8) is 0 Å². The Morgan fingerprint density at radius 1 is 1.37 bits per heavy atom. The average molecular weight is 266 g/mol. The van der Waals surface area contributed by atoms with Gasteiger partial charge in [0, 0.05) is 20.1 Å². The van der Waals surface area contributed by atoms with Crippen LogP contribution in [0.5, 0.6) is 6.01 Å².